The second-order valence-corrected chi connectivity index (χ2v) is 4.88. The molecule has 3 heteroatoms. The maximum absolute atomic E-state index is 5.60. The molecule has 0 heterocycles. The summed E-state index contributed by atoms with van der Waals surface area (Å²) in [5.41, 5.74) is 2.51. The van der Waals surface area contributed by atoms with Gasteiger partial charge >= 0.3 is 0 Å². The minimum atomic E-state index is -0.0471. The van der Waals surface area contributed by atoms with Crippen molar-refractivity contribution in [3.8, 4) is 0 Å². The SMILES string of the molecule is C=CCOC(COCC=C(C)C)COCC=C(C)C. The Morgan fingerprint density at radius 3 is 1.74 bits per heavy atom. The summed E-state index contributed by atoms with van der Waals surface area (Å²) in [6, 6.07) is 0. The van der Waals surface area contributed by atoms with E-state index in [1.807, 2.05) is 0 Å². The van der Waals surface area contributed by atoms with Crippen LogP contribution in [0.4, 0.5) is 0 Å². The highest BCUT2D eigenvalue weighted by Gasteiger charge is 2.08. The Morgan fingerprint density at radius 1 is 0.895 bits per heavy atom. The Labute approximate surface area is 117 Å². The van der Waals surface area contributed by atoms with Crippen LogP contribution >= 0.6 is 0 Å². The Hall–Kier alpha value is -0.900. The lowest BCUT2D eigenvalue weighted by molar-refractivity contribution is -0.0429. The molecule has 0 saturated heterocycles. The first-order valence-corrected chi connectivity index (χ1v) is 6.71. The van der Waals surface area contributed by atoms with Gasteiger partial charge in [-0.1, -0.05) is 29.4 Å². The van der Waals surface area contributed by atoms with E-state index in [2.05, 4.69) is 46.4 Å². The van der Waals surface area contributed by atoms with Crippen molar-refractivity contribution >= 4 is 0 Å². The van der Waals surface area contributed by atoms with Crippen LogP contribution in [-0.4, -0.2) is 39.1 Å². The molecule has 0 atom stereocenters. The molecule has 0 bridgehead atoms. The molecule has 0 aromatic rings. The predicted molar refractivity (Wildman–Crippen MR) is 80.4 cm³/mol. The van der Waals surface area contributed by atoms with E-state index < -0.39 is 0 Å². The lowest BCUT2D eigenvalue weighted by atomic mass is 10.3. The van der Waals surface area contributed by atoms with Crippen LogP contribution in [0.15, 0.2) is 36.0 Å². The highest BCUT2D eigenvalue weighted by atomic mass is 16.6. The van der Waals surface area contributed by atoms with Gasteiger partial charge in [-0.25, -0.2) is 0 Å². The van der Waals surface area contributed by atoms with Crippen molar-refractivity contribution in [2.45, 2.75) is 33.8 Å². The molecule has 0 aliphatic rings. The van der Waals surface area contributed by atoms with Crippen molar-refractivity contribution in [3.63, 3.8) is 0 Å². The maximum atomic E-state index is 5.60. The molecular weight excluding hydrogens is 240 g/mol. The van der Waals surface area contributed by atoms with E-state index in [-0.39, 0.29) is 6.10 Å². The maximum Gasteiger partial charge on any atom is 0.105 e. The van der Waals surface area contributed by atoms with Crippen LogP contribution < -0.4 is 0 Å². The van der Waals surface area contributed by atoms with Gasteiger partial charge in [0.1, 0.15) is 6.10 Å². The summed E-state index contributed by atoms with van der Waals surface area (Å²) >= 11 is 0. The summed E-state index contributed by atoms with van der Waals surface area (Å²) in [5.74, 6) is 0. The van der Waals surface area contributed by atoms with E-state index in [9.17, 15) is 0 Å². The van der Waals surface area contributed by atoms with E-state index in [1.165, 1.54) is 11.1 Å². The molecule has 110 valence electrons. The van der Waals surface area contributed by atoms with Crippen LogP contribution in [0, 0.1) is 0 Å². The first-order valence-electron chi connectivity index (χ1n) is 6.71. The van der Waals surface area contributed by atoms with Gasteiger partial charge in [0, 0.05) is 0 Å². The van der Waals surface area contributed by atoms with Gasteiger partial charge in [-0.3, -0.25) is 0 Å². The largest absolute Gasteiger partial charge is 0.375 e. The van der Waals surface area contributed by atoms with E-state index in [0.717, 1.165) is 0 Å². The van der Waals surface area contributed by atoms with Crippen molar-refractivity contribution in [1.82, 2.24) is 0 Å². The fourth-order valence-electron chi connectivity index (χ4n) is 1.20. The Morgan fingerprint density at radius 2 is 1.37 bits per heavy atom. The third-order valence-corrected chi connectivity index (χ3v) is 2.28. The van der Waals surface area contributed by atoms with Crippen LogP contribution in [0.25, 0.3) is 0 Å². The zero-order chi connectivity index (χ0) is 14.5. The van der Waals surface area contributed by atoms with Crippen LogP contribution in [0.1, 0.15) is 27.7 Å². The third kappa shape index (κ3) is 13.3. The topological polar surface area (TPSA) is 27.7 Å². The summed E-state index contributed by atoms with van der Waals surface area (Å²) < 4.78 is 16.7. The second kappa shape index (κ2) is 12.2. The quantitative estimate of drug-likeness (QED) is 0.424. The molecule has 0 fully saturated rings. The number of hydrogen-bond acceptors (Lipinski definition) is 3. The summed E-state index contributed by atoms with van der Waals surface area (Å²) in [5, 5.41) is 0. The highest BCUT2D eigenvalue weighted by molar-refractivity contribution is 4.93. The fraction of sp³-hybridized carbons (Fsp3) is 0.625. The van der Waals surface area contributed by atoms with E-state index >= 15 is 0 Å². The molecule has 0 aliphatic carbocycles. The average molecular weight is 268 g/mol. The molecule has 0 spiro atoms. The lowest BCUT2D eigenvalue weighted by Crippen LogP contribution is -2.26. The van der Waals surface area contributed by atoms with Crippen molar-refractivity contribution in [1.29, 1.82) is 0 Å². The first kappa shape index (κ1) is 18.1. The average Bonchev–Trinajstić information content (AvgIpc) is 2.34. The monoisotopic (exact) mass is 268 g/mol. The Kier molecular flexibility index (Phi) is 11.6. The number of rotatable bonds is 11. The smallest absolute Gasteiger partial charge is 0.105 e. The normalized spacial score (nSPS) is 10.4. The number of hydrogen-bond donors (Lipinski definition) is 0. The molecule has 3 nitrogen and oxygen atoms in total. The zero-order valence-corrected chi connectivity index (χ0v) is 12.8. The molecule has 0 saturated carbocycles. The summed E-state index contributed by atoms with van der Waals surface area (Å²) in [7, 11) is 0. The molecule has 0 radical (unpaired) electrons. The molecule has 0 unspecified atom stereocenters. The van der Waals surface area contributed by atoms with Gasteiger partial charge in [0.25, 0.3) is 0 Å². The molecule has 0 aromatic heterocycles. The van der Waals surface area contributed by atoms with Crippen molar-refractivity contribution < 1.29 is 14.2 Å². The Bertz CT molecular complexity index is 260. The summed E-state index contributed by atoms with van der Waals surface area (Å²) in [4.78, 5) is 0. The van der Waals surface area contributed by atoms with E-state index in [4.69, 9.17) is 14.2 Å². The highest BCUT2D eigenvalue weighted by Crippen LogP contribution is 1.98. The van der Waals surface area contributed by atoms with Gasteiger partial charge in [-0.05, 0) is 27.7 Å². The first-order chi connectivity index (χ1) is 9.06. The molecule has 19 heavy (non-hydrogen) atoms. The minimum Gasteiger partial charge on any atom is -0.375 e. The second-order valence-electron chi connectivity index (χ2n) is 4.88. The van der Waals surface area contributed by atoms with Crippen molar-refractivity contribution in [3.05, 3.63) is 36.0 Å². The minimum absolute atomic E-state index is 0.0471. The van der Waals surface area contributed by atoms with Crippen LogP contribution in [0.3, 0.4) is 0 Å². The van der Waals surface area contributed by atoms with Gasteiger partial charge in [-0.2, -0.15) is 0 Å². The van der Waals surface area contributed by atoms with E-state index in [0.29, 0.717) is 33.0 Å². The van der Waals surface area contributed by atoms with Gasteiger partial charge in [0.2, 0.25) is 0 Å². The van der Waals surface area contributed by atoms with Crippen LogP contribution in [-0.2, 0) is 14.2 Å². The molecule has 0 aromatic carbocycles. The molecular formula is C16H28O3. The van der Waals surface area contributed by atoms with Crippen molar-refractivity contribution in [2.75, 3.05) is 33.0 Å². The summed E-state index contributed by atoms with van der Waals surface area (Å²) in [6.07, 6.45) is 5.79. The van der Waals surface area contributed by atoms with Crippen molar-refractivity contribution in [2.24, 2.45) is 0 Å². The molecule has 0 amide bonds. The summed E-state index contributed by atoms with van der Waals surface area (Å²) in [6.45, 7) is 14.7. The Balaban J connectivity index is 3.90. The fourth-order valence-corrected chi connectivity index (χ4v) is 1.20. The predicted octanol–water partition coefficient (Wildman–Crippen LogP) is 3.52. The standard InChI is InChI=1S/C16H28O3/c1-6-9-19-16(12-17-10-7-14(2)3)13-18-11-8-15(4)5/h6-8,16H,1,9-13H2,2-5H3. The van der Waals surface area contributed by atoms with Crippen LogP contribution in [0.2, 0.25) is 0 Å². The van der Waals surface area contributed by atoms with Gasteiger partial charge in [0.15, 0.2) is 0 Å². The number of ether oxygens (including phenoxy) is 3. The molecule has 0 rings (SSSR count). The van der Waals surface area contributed by atoms with Gasteiger partial charge in [0.05, 0.1) is 33.0 Å². The van der Waals surface area contributed by atoms with Gasteiger partial charge < -0.3 is 14.2 Å². The molecule has 0 N–H and O–H groups in total. The lowest BCUT2D eigenvalue weighted by Gasteiger charge is -2.16. The number of allylic oxidation sites excluding steroid dienone is 2. The molecule has 0 aliphatic heterocycles. The third-order valence-electron chi connectivity index (χ3n) is 2.28. The van der Waals surface area contributed by atoms with Crippen LogP contribution in [0.5, 0.6) is 0 Å². The zero-order valence-electron chi connectivity index (χ0n) is 12.8. The van der Waals surface area contributed by atoms with E-state index in [1.54, 1.807) is 6.08 Å². The van der Waals surface area contributed by atoms with Gasteiger partial charge in [-0.15, -0.1) is 6.58 Å².